The Balaban J connectivity index is 1.41. The number of urea groups is 1. The van der Waals surface area contributed by atoms with Gasteiger partial charge in [-0.05, 0) is 37.7 Å². The normalized spacial score (nSPS) is 21.6. The first-order valence-corrected chi connectivity index (χ1v) is 8.83. The molecule has 0 atom stereocenters. The van der Waals surface area contributed by atoms with Crippen molar-refractivity contribution in [2.24, 2.45) is 5.92 Å². The van der Waals surface area contributed by atoms with Gasteiger partial charge in [-0.3, -0.25) is 9.69 Å². The molecule has 2 fully saturated rings. The summed E-state index contributed by atoms with van der Waals surface area (Å²) >= 11 is 0. The molecule has 0 bridgehead atoms. The molecule has 0 aliphatic heterocycles. The lowest BCUT2D eigenvalue weighted by atomic mass is 9.85. The number of anilines is 1. The molecule has 1 aromatic rings. The van der Waals surface area contributed by atoms with Crippen LogP contribution in [0.25, 0.3) is 0 Å². The summed E-state index contributed by atoms with van der Waals surface area (Å²) in [6.45, 7) is -2.13. The van der Waals surface area contributed by atoms with Crippen LogP contribution in [0.1, 0.15) is 25.7 Å². The summed E-state index contributed by atoms with van der Waals surface area (Å²) in [5.41, 5.74) is 0.353. The predicted octanol–water partition coefficient (Wildman–Crippen LogP) is 2.13. The molecule has 2 aliphatic carbocycles. The first-order chi connectivity index (χ1) is 12.9. The van der Waals surface area contributed by atoms with Crippen LogP contribution in [0.3, 0.4) is 0 Å². The molecular weight excluding hydrogens is 362 g/mol. The van der Waals surface area contributed by atoms with Crippen LogP contribution >= 0.6 is 0 Å². The number of carbonyl (C=O) groups is 2. The summed E-state index contributed by atoms with van der Waals surface area (Å²) < 4.78 is 28.3. The van der Waals surface area contributed by atoms with Gasteiger partial charge < -0.3 is 20.5 Å². The quantitative estimate of drug-likeness (QED) is 0.603. The molecule has 0 aromatic carbocycles. The van der Waals surface area contributed by atoms with Crippen LogP contribution in [0, 0.1) is 5.92 Å². The molecular formula is C17H22F2N4O4. The van der Waals surface area contributed by atoms with Gasteiger partial charge in [-0.2, -0.15) is 8.78 Å². The van der Waals surface area contributed by atoms with Crippen molar-refractivity contribution in [2.45, 2.75) is 44.4 Å². The molecule has 1 heterocycles. The molecule has 2 amide bonds. The van der Waals surface area contributed by atoms with Crippen molar-refractivity contribution in [3.63, 3.8) is 0 Å². The summed E-state index contributed by atoms with van der Waals surface area (Å²) in [6.07, 6.45) is 4.94. The summed E-state index contributed by atoms with van der Waals surface area (Å²) in [5, 5.41) is 14.4. The number of amides is 2. The zero-order chi connectivity index (χ0) is 19.4. The van der Waals surface area contributed by atoms with Crippen LogP contribution in [0.2, 0.25) is 0 Å². The number of rotatable bonds is 9. The number of carbonyl (C=O) groups excluding carboxylic acids is 1. The van der Waals surface area contributed by atoms with Crippen molar-refractivity contribution in [2.75, 3.05) is 18.4 Å². The predicted molar refractivity (Wildman–Crippen MR) is 91.8 cm³/mol. The number of pyridine rings is 1. The van der Waals surface area contributed by atoms with Gasteiger partial charge in [0.2, 0.25) is 5.88 Å². The monoisotopic (exact) mass is 384 g/mol. The molecule has 3 N–H and O–H groups in total. The molecule has 0 saturated heterocycles. The Labute approximate surface area is 154 Å². The Morgan fingerprint density at radius 1 is 1.33 bits per heavy atom. The van der Waals surface area contributed by atoms with Gasteiger partial charge in [-0.25, -0.2) is 9.78 Å². The average Bonchev–Trinajstić information content (AvgIpc) is 3.35. The number of carboxylic acids is 1. The lowest BCUT2D eigenvalue weighted by Gasteiger charge is -2.42. The second kappa shape index (κ2) is 8.47. The maximum absolute atomic E-state index is 12.1. The molecule has 0 spiro atoms. The van der Waals surface area contributed by atoms with Crippen LogP contribution in [0.15, 0.2) is 18.3 Å². The number of hydrogen-bond donors (Lipinski definition) is 3. The number of aromatic nitrogens is 1. The summed E-state index contributed by atoms with van der Waals surface area (Å²) in [6, 6.07) is 2.37. The summed E-state index contributed by atoms with van der Waals surface area (Å²) in [5.74, 6) is -0.465. The van der Waals surface area contributed by atoms with Gasteiger partial charge in [0.25, 0.3) is 0 Å². The Bertz CT molecular complexity index is 663. The molecule has 2 saturated carbocycles. The second-order valence-corrected chi connectivity index (χ2v) is 6.95. The molecule has 27 heavy (non-hydrogen) atoms. The molecule has 3 rings (SSSR count). The highest BCUT2D eigenvalue weighted by atomic mass is 19.3. The van der Waals surface area contributed by atoms with Gasteiger partial charge in [0.1, 0.15) is 0 Å². The molecule has 8 nitrogen and oxygen atoms in total. The van der Waals surface area contributed by atoms with Gasteiger partial charge in [-0.1, -0.05) is 0 Å². The Kier molecular flexibility index (Phi) is 6.04. The Hall–Kier alpha value is -2.49. The smallest absolute Gasteiger partial charge is 0.388 e. The first kappa shape index (κ1) is 19.3. The maximum atomic E-state index is 12.1. The van der Waals surface area contributed by atoms with Crippen LogP contribution in [0.5, 0.6) is 5.88 Å². The van der Waals surface area contributed by atoms with E-state index in [0.29, 0.717) is 24.4 Å². The molecule has 0 radical (unpaired) electrons. The van der Waals surface area contributed by atoms with Crippen molar-refractivity contribution in [3.05, 3.63) is 18.3 Å². The number of carboxylic acid groups (broad SMARTS) is 1. The van der Waals surface area contributed by atoms with E-state index in [2.05, 4.69) is 20.4 Å². The topological polar surface area (TPSA) is 104 Å². The minimum absolute atomic E-state index is 0.0266. The van der Waals surface area contributed by atoms with E-state index in [-0.39, 0.29) is 24.5 Å². The molecule has 1 aromatic heterocycles. The molecule has 0 unspecified atom stereocenters. The van der Waals surface area contributed by atoms with Gasteiger partial charge in [0, 0.05) is 24.7 Å². The van der Waals surface area contributed by atoms with E-state index in [1.807, 2.05) is 4.90 Å². The van der Waals surface area contributed by atoms with Crippen molar-refractivity contribution in [1.29, 1.82) is 0 Å². The fourth-order valence-electron chi connectivity index (χ4n) is 3.12. The van der Waals surface area contributed by atoms with E-state index in [1.54, 1.807) is 0 Å². The lowest BCUT2D eigenvalue weighted by molar-refractivity contribution is -0.139. The number of nitrogens with one attached hydrogen (secondary N) is 2. The number of nitrogens with zero attached hydrogens (tertiary/aromatic N) is 2. The third kappa shape index (κ3) is 6.02. The highest BCUT2D eigenvalue weighted by molar-refractivity contribution is 5.89. The molecule has 10 heteroatoms. The SMILES string of the molecule is O=C(O)CN(CC1CC1)C1CC(NC(=O)Nc2ccc(OC(F)F)nc2)C1. The zero-order valence-corrected chi connectivity index (χ0v) is 14.6. The van der Waals surface area contributed by atoms with Crippen molar-refractivity contribution >= 4 is 17.7 Å². The number of alkyl halides is 2. The van der Waals surface area contributed by atoms with Gasteiger partial charge in [0.15, 0.2) is 0 Å². The fraction of sp³-hybridized carbons (Fsp3) is 0.588. The van der Waals surface area contributed by atoms with Gasteiger partial charge >= 0.3 is 18.6 Å². The summed E-state index contributed by atoms with van der Waals surface area (Å²) in [7, 11) is 0. The average molecular weight is 384 g/mol. The largest absolute Gasteiger partial charge is 0.480 e. The van der Waals surface area contributed by atoms with E-state index in [4.69, 9.17) is 5.11 Å². The zero-order valence-electron chi connectivity index (χ0n) is 14.6. The molecule has 2 aliphatic rings. The van der Waals surface area contributed by atoms with Gasteiger partial charge in [0.05, 0.1) is 18.4 Å². The van der Waals surface area contributed by atoms with Crippen molar-refractivity contribution in [3.8, 4) is 5.88 Å². The maximum Gasteiger partial charge on any atom is 0.388 e. The van der Waals surface area contributed by atoms with E-state index < -0.39 is 18.6 Å². The lowest BCUT2D eigenvalue weighted by Crippen LogP contribution is -2.55. The standard InChI is InChI=1S/C17H22F2N4O4/c18-16(19)27-14-4-3-11(7-20-14)21-17(26)22-12-5-13(6-12)23(9-15(24)25)8-10-1-2-10/h3-4,7,10,12-13,16H,1-2,5-6,8-9H2,(H,24,25)(H2,21,22,26). The van der Waals surface area contributed by atoms with E-state index >= 15 is 0 Å². The van der Waals surface area contributed by atoms with Crippen LogP contribution in [-0.2, 0) is 4.79 Å². The Morgan fingerprint density at radius 3 is 2.63 bits per heavy atom. The van der Waals surface area contributed by atoms with Crippen molar-refractivity contribution < 1.29 is 28.2 Å². The molecule has 148 valence electrons. The number of aliphatic carboxylic acids is 1. The van der Waals surface area contributed by atoms with Crippen molar-refractivity contribution in [1.82, 2.24) is 15.2 Å². The van der Waals surface area contributed by atoms with Crippen LogP contribution < -0.4 is 15.4 Å². The van der Waals surface area contributed by atoms with E-state index in [0.717, 1.165) is 19.4 Å². The highest BCUT2D eigenvalue weighted by Crippen LogP contribution is 2.33. The Morgan fingerprint density at radius 2 is 2.07 bits per heavy atom. The highest BCUT2D eigenvalue weighted by Gasteiger charge is 2.37. The van der Waals surface area contributed by atoms with E-state index in [9.17, 15) is 18.4 Å². The third-order valence-electron chi connectivity index (χ3n) is 4.70. The fourth-order valence-corrected chi connectivity index (χ4v) is 3.12. The van der Waals surface area contributed by atoms with Crippen LogP contribution in [-0.4, -0.2) is 58.8 Å². The summed E-state index contributed by atoms with van der Waals surface area (Å²) in [4.78, 5) is 28.7. The van der Waals surface area contributed by atoms with Gasteiger partial charge in [-0.15, -0.1) is 0 Å². The van der Waals surface area contributed by atoms with E-state index in [1.165, 1.54) is 18.3 Å². The third-order valence-corrected chi connectivity index (χ3v) is 4.70. The minimum atomic E-state index is -2.95. The van der Waals surface area contributed by atoms with Crippen LogP contribution in [0.4, 0.5) is 19.3 Å². The number of halogens is 2. The number of hydrogen-bond acceptors (Lipinski definition) is 5. The first-order valence-electron chi connectivity index (χ1n) is 8.83. The number of ether oxygens (including phenoxy) is 1. The second-order valence-electron chi connectivity index (χ2n) is 6.95. The minimum Gasteiger partial charge on any atom is -0.480 e.